The molecule has 3 aliphatic carbocycles. The van der Waals surface area contributed by atoms with Gasteiger partial charge in [-0.1, -0.05) is 41.5 Å². The van der Waals surface area contributed by atoms with Gasteiger partial charge in [0.1, 0.15) is 0 Å². The van der Waals surface area contributed by atoms with Crippen molar-refractivity contribution in [1.82, 2.24) is 0 Å². The van der Waals surface area contributed by atoms with E-state index < -0.39 is 0 Å². The zero-order valence-electron chi connectivity index (χ0n) is 14.1. The van der Waals surface area contributed by atoms with E-state index in [0.717, 1.165) is 52.8 Å². The Balaban J connectivity index is 1.45. The first-order valence-electron chi connectivity index (χ1n) is 8.93. The van der Waals surface area contributed by atoms with E-state index in [1.54, 1.807) is 5.71 Å². The first-order valence-corrected chi connectivity index (χ1v) is 8.93. The molecule has 0 aromatic heterocycles. The number of aliphatic imine (C=N–C) groups is 1. The lowest BCUT2D eigenvalue weighted by atomic mass is 9.74. The molecule has 4 rings (SSSR count). The number of hydrogen-bond acceptors (Lipinski definition) is 1. The van der Waals surface area contributed by atoms with Crippen LogP contribution in [-0.4, -0.2) is 11.8 Å². The van der Waals surface area contributed by atoms with Crippen molar-refractivity contribution in [3.05, 3.63) is 0 Å². The van der Waals surface area contributed by atoms with Gasteiger partial charge in [-0.15, -0.1) is 0 Å². The number of fused-ring (bicyclic) bond motifs is 2. The highest BCUT2D eigenvalue weighted by molar-refractivity contribution is 5.95. The van der Waals surface area contributed by atoms with Crippen LogP contribution in [0.3, 0.4) is 0 Å². The summed E-state index contributed by atoms with van der Waals surface area (Å²) in [6, 6.07) is 0.659. The van der Waals surface area contributed by atoms with Crippen LogP contribution in [0.25, 0.3) is 0 Å². The molecule has 0 bridgehead atoms. The molecule has 0 spiro atoms. The lowest BCUT2D eigenvalue weighted by Crippen LogP contribution is -2.42. The van der Waals surface area contributed by atoms with Crippen molar-refractivity contribution >= 4 is 5.71 Å². The van der Waals surface area contributed by atoms with Crippen LogP contribution >= 0.6 is 0 Å². The number of nitrogens with zero attached hydrogens (tertiary/aromatic N) is 1. The highest BCUT2D eigenvalue weighted by Gasteiger charge is 2.72. The quantitative estimate of drug-likeness (QED) is 0.709. The Hall–Kier alpha value is -0.330. The molecule has 6 unspecified atom stereocenters. The fourth-order valence-electron chi connectivity index (χ4n) is 6.69. The molecule has 4 aliphatic rings. The fraction of sp³-hybridized carbons (Fsp3) is 0.947. The Kier molecular flexibility index (Phi) is 2.60. The van der Waals surface area contributed by atoms with Gasteiger partial charge in [-0.2, -0.15) is 0 Å². The largest absolute Gasteiger partial charge is 0.289 e. The van der Waals surface area contributed by atoms with E-state index in [1.807, 2.05) is 0 Å². The molecule has 10 atom stereocenters. The van der Waals surface area contributed by atoms with Crippen LogP contribution in [0.1, 0.15) is 54.4 Å². The fourth-order valence-corrected chi connectivity index (χ4v) is 6.69. The molecule has 0 radical (unpaired) electrons. The Morgan fingerprint density at radius 2 is 1.80 bits per heavy atom. The average Bonchev–Trinajstić information content (AvgIpc) is 2.80. The lowest BCUT2D eigenvalue weighted by molar-refractivity contribution is 0.207. The van der Waals surface area contributed by atoms with Crippen molar-refractivity contribution in [1.29, 1.82) is 0 Å². The van der Waals surface area contributed by atoms with E-state index in [0.29, 0.717) is 6.04 Å². The van der Waals surface area contributed by atoms with E-state index in [2.05, 4.69) is 41.5 Å². The van der Waals surface area contributed by atoms with E-state index in [9.17, 15) is 0 Å². The van der Waals surface area contributed by atoms with Crippen molar-refractivity contribution in [3.63, 3.8) is 0 Å². The molecular weight excluding hydrogens is 242 g/mol. The van der Waals surface area contributed by atoms with Gasteiger partial charge in [0.05, 0.1) is 6.04 Å². The zero-order chi connectivity index (χ0) is 14.4. The van der Waals surface area contributed by atoms with Crippen LogP contribution in [0.4, 0.5) is 0 Å². The summed E-state index contributed by atoms with van der Waals surface area (Å²) in [5.41, 5.74) is 2.29. The highest BCUT2D eigenvalue weighted by atomic mass is 14.9. The SMILES string of the molecule is CC1CC2C(=NC2[C@@H](C)C(C)[C@H]2[C@H]3[C@H](C)CC32C)C1C. The minimum Gasteiger partial charge on any atom is -0.289 e. The van der Waals surface area contributed by atoms with Gasteiger partial charge in [0, 0.05) is 11.6 Å². The molecule has 1 nitrogen and oxygen atoms in total. The van der Waals surface area contributed by atoms with E-state index in [-0.39, 0.29) is 0 Å². The Bertz CT molecular complexity index is 466. The number of rotatable bonds is 3. The highest BCUT2D eigenvalue weighted by Crippen LogP contribution is 2.77. The average molecular weight is 273 g/mol. The van der Waals surface area contributed by atoms with Gasteiger partial charge in [0.2, 0.25) is 0 Å². The van der Waals surface area contributed by atoms with Crippen LogP contribution in [0.5, 0.6) is 0 Å². The topological polar surface area (TPSA) is 12.4 Å². The molecule has 1 aliphatic heterocycles. The molecule has 0 amide bonds. The van der Waals surface area contributed by atoms with Crippen molar-refractivity contribution in [2.45, 2.75) is 60.4 Å². The second kappa shape index (κ2) is 3.90. The summed E-state index contributed by atoms with van der Waals surface area (Å²) in [4.78, 5) is 5.07. The standard InChI is InChI=1S/C19H31N/c1-9-7-14-17(11(9)3)20-18(14)13(5)12(4)16-15-10(2)8-19(15,16)6/h9-16,18H,7-8H2,1-6H3/t9?,10-,11?,12?,13+,14?,15-,16+,18?,19?/m1/s1. The molecule has 3 fully saturated rings. The van der Waals surface area contributed by atoms with Gasteiger partial charge in [-0.3, -0.25) is 4.99 Å². The van der Waals surface area contributed by atoms with Gasteiger partial charge >= 0.3 is 0 Å². The summed E-state index contributed by atoms with van der Waals surface area (Å²) in [5, 5.41) is 0. The first-order chi connectivity index (χ1) is 9.36. The molecule has 0 aromatic carbocycles. The molecule has 1 heterocycles. The Morgan fingerprint density at radius 1 is 1.10 bits per heavy atom. The third kappa shape index (κ3) is 1.43. The van der Waals surface area contributed by atoms with Crippen LogP contribution in [0.2, 0.25) is 0 Å². The Labute approximate surface area is 124 Å². The van der Waals surface area contributed by atoms with Crippen LogP contribution in [0.15, 0.2) is 4.99 Å². The van der Waals surface area contributed by atoms with Gasteiger partial charge < -0.3 is 0 Å². The van der Waals surface area contributed by atoms with E-state index in [1.165, 1.54) is 12.8 Å². The monoisotopic (exact) mass is 273 g/mol. The minimum absolute atomic E-state index is 0.659. The summed E-state index contributed by atoms with van der Waals surface area (Å²) in [5.74, 6) is 7.17. The van der Waals surface area contributed by atoms with Gasteiger partial charge in [0.15, 0.2) is 0 Å². The van der Waals surface area contributed by atoms with Gasteiger partial charge in [-0.25, -0.2) is 0 Å². The third-order valence-corrected chi connectivity index (χ3v) is 8.15. The van der Waals surface area contributed by atoms with Crippen LogP contribution < -0.4 is 0 Å². The lowest BCUT2D eigenvalue weighted by Gasteiger charge is -2.39. The summed E-state index contributed by atoms with van der Waals surface area (Å²) in [6.07, 6.45) is 2.89. The Morgan fingerprint density at radius 3 is 2.30 bits per heavy atom. The summed E-state index contributed by atoms with van der Waals surface area (Å²) in [7, 11) is 0. The van der Waals surface area contributed by atoms with Gasteiger partial charge in [-0.05, 0) is 59.7 Å². The maximum atomic E-state index is 5.07. The molecule has 112 valence electrons. The van der Waals surface area contributed by atoms with Crippen molar-refractivity contribution in [3.8, 4) is 0 Å². The smallest absolute Gasteiger partial charge is 0.0607 e. The van der Waals surface area contributed by atoms with E-state index in [4.69, 9.17) is 4.99 Å². The first kappa shape index (κ1) is 13.3. The van der Waals surface area contributed by atoms with Gasteiger partial charge in [0.25, 0.3) is 0 Å². The van der Waals surface area contributed by atoms with Crippen molar-refractivity contribution in [2.24, 2.45) is 57.8 Å². The second-order valence-corrected chi connectivity index (χ2v) is 9.11. The van der Waals surface area contributed by atoms with Crippen LogP contribution in [-0.2, 0) is 0 Å². The summed E-state index contributed by atoms with van der Waals surface area (Å²) >= 11 is 0. The maximum absolute atomic E-state index is 5.07. The molecule has 0 aromatic rings. The normalized spacial score (nSPS) is 58.7. The summed E-state index contributed by atoms with van der Waals surface area (Å²) in [6.45, 7) is 14.8. The predicted octanol–water partition coefficient (Wildman–Crippen LogP) is 4.67. The van der Waals surface area contributed by atoms with Crippen molar-refractivity contribution < 1.29 is 0 Å². The molecular formula is C19H31N. The van der Waals surface area contributed by atoms with Crippen molar-refractivity contribution in [2.75, 3.05) is 0 Å². The molecule has 20 heavy (non-hydrogen) atoms. The van der Waals surface area contributed by atoms with Crippen LogP contribution in [0, 0.1) is 52.8 Å². The molecule has 0 N–H and O–H groups in total. The minimum atomic E-state index is 0.659. The summed E-state index contributed by atoms with van der Waals surface area (Å²) < 4.78 is 0. The zero-order valence-corrected chi connectivity index (χ0v) is 14.1. The number of hydrogen-bond donors (Lipinski definition) is 0. The molecule has 1 heteroatoms. The molecule has 0 saturated heterocycles. The van der Waals surface area contributed by atoms with E-state index >= 15 is 0 Å². The second-order valence-electron chi connectivity index (χ2n) is 9.11. The predicted molar refractivity (Wildman–Crippen MR) is 84.9 cm³/mol. The molecule has 3 saturated carbocycles. The maximum Gasteiger partial charge on any atom is 0.0607 e. The third-order valence-electron chi connectivity index (χ3n) is 8.15.